The molecular weight excluding hydrogens is 332 g/mol. The second-order valence-corrected chi connectivity index (χ2v) is 5.33. The molecule has 0 aromatic heterocycles. The molecule has 26 heavy (non-hydrogen) atoms. The summed E-state index contributed by atoms with van der Waals surface area (Å²) >= 11 is 0. The van der Waals surface area contributed by atoms with Crippen LogP contribution in [0, 0.1) is 0 Å². The van der Waals surface area contributed by atoms with Crippen molar-refractivity contribution in [2.75, 3.05) is 26.9 Å². The molecule has 0 unspecified atom stereocenters. The third-order valence-corrected chi connectivity index (χ3v) is 3.49. The molecule has 0 aliphatic heterocycles. The van der Waals surface area contributed by atoms with Crippen LogP contribution in [-0.4, -0.2) is 38.9 Å². The maximum atomic E-state index is 12.4. The van der Waals surface area contributed by atoms with Gasteiger partial charge in [-0.1, -0.05) is 30.3 Å². The van der Waals surface area contributed by atoms with Crippen LogP contribution in [0.5, 0.6) is 5.75 Å². The summed E-state index contributed by atoms with van der Waals surface area (Å²) in [6.45, 7) is 3.67. The van der Waals surface area contributed by atoms with Crippen LogP contribution in [0.4, 0.5) is 0 Å². The maximum absolute atomic E-state index is 12.4. The predicted molar refractivity (Wildman–Crippen MR) is 100 cm³/mol. The van der Waals surface area contributed by atoms with Gasteiger partial charge >= 0.3 is 0 Å². The molecule has 0 radical (unpaired) electrons. The zero-order valence-corrected chi connectivity index (χ0v) is 15.1. The second kappa shape index (κ2) is 10.9. The van der Waals surface area contributed by atoms with Gasteiger partial charge in [0.05, 0.1) is 20.3 Å². The molecular formula is C20H24N2O4. The third-order valence-electron chi connectivity index (χ3n) is 3.49. The number of ether oxygens (including phenoxy) is 3. The molecule has 6 heteroatoms. The van der Waals surface area contributed by atoms with Gasteiger partial charge in [-0.3, -0.25) is 10.1 Å². The van der Waals surface area contributed by atoms with Gasteiger partial charge in [-0.05, 0) is 36.8 Å². The van der Waals surface area contributed by atoms with Crippen LogP contribution in [0.3, 0.4) is 0 Å². The number of benzene rings is 2. The molecule has 0 bridgehead atoms. The molecule has 0 saturated heterocycles. The summed E-state index contributed by atoms with van der Waals surface area (Å²) < 4.78 is 15.9. The number of nitrogens with zero attached hydrogens (tertiary/aromatic N) is 1. The van der Waals surface area contributed by atoms with Crippen molar-refractivity contribution in [1.82, 2.24) is 5.32 Å². The van der Waals surface area contributed by atoms with Crippen LogP contribution in [0.1, 0.15) is 22.8 Å². The van der Waals surface area contributed by atoms with Crippen molar-refractivity contribution < 1.29 is 19.0 Å². The lowest BCUT2D eigenvalue weighted by Gasteiger charge is -2.11. The van der Waals surface area contributed by atoms with Crippen molar-refractivity contribution in [3.8, 4) is 5.75 Å². The predicted octanol–water partition coefficient (Wildman–Crippen LogP) is 3.03. The van der Waals surface area contributed by atoms with E-state index < -0.39 is 0 Å². The molecule has 2 aromatic carbocycles. The minimum absolute atomic E-state index is 0.175. The smallest absolute Gasteiger partial charge is 0.292 e. The highest BCUT2D eigenvalue weighted by atomic mass is 16.5. The lowest BCUT2D eigenvalue weighted by molar-refractivity contribution is 0.0922. The second-order valence-electron chi connectivity index (χ2n) is 5.33. The highest BCUT2D eigenvalue weighted by Crippen LogP contribution is 2.11. The number of amides is 1. The van der Waals surface area contributed by atoms with Crippen molar-refractivity contribution >= 4 is 11.9 Å². The van der Waals surface area contributed by atoms with Gasteiger partial charge in [0.2, 0.25) is 0 Å². The first-order valence-corrected chi connectivity index (χ1v) is 8.47. The van der Waals surface area contributed by atoms with Crippen LogP contribution in [-0.2, 0) is 16.0 Å². The highest BCUT2D eigenvalue weighted by Gasteiger charge is 2.10. The first-order chi connectivity index (χ1) is 12.7. The largest absolute Gasteiger partial charge is 0.497 e. The van der Waals surface area contributed by atoms with E-state index in [4.69, 9.17) is 14.2 Å². The molecule has 1 N–H and O–H groups in total. The molecule has 0 atom stereocenters. The molecule has 2 rings (SSSR count). The highest BCUT2D eigenvalue weighted by molar-refractivity contribution is 6.04. The number of aliphatic imine (C=N–C) groups is 1. The molecule has 6 nitrogen and oxygen atoms in total. The SMILES string of the molecule is CCOCCOC(=NCc1ccccc1)NC(=O)c1ccc(OC)cc1. The Balaban J connectivity index is 2.02. The van der Waals surface area contributed by atoms with Gasteiger partial charge in [0.1, 0.15) is 12.4 Å². The van der Waals surface area contributed by atoms with Gasteiger partial charge < -0.3 is 14.2 Å². The topological polar surface area (TPSA) is 69.2 Å². The van der Waals surface area contributed by atoms with Gasteiger partial charge in [-0.25, -0.2) is 4.99 Å². The van der Waals surface area contributed by atoms with E-state index in [9.17, 15) is 4.79 Å². The number of methoxy groups -OCH3 is 1. The van der Waals surface area contributed by atoms with E-state index in [1.165, 1.54) is 0 Å². The fourth-order valence-corrected chi connectivity index (χ4v) is 2.12. The fourth-order valence-electron chi connectivity index (χ4n) is 2.12. The van der Waals surface area contributed by atoms with Crippen molar-refractivity contribution in [3.63, 3.8) is 0 Å². The Morgan fingerprint density at radius 2 is 1.77 bits per heavy atom. The molecule has 1 amide bonds. The normalized spacial score (nSPS) is 11.1. The summed E-state index contributed by atoms with van der Waals surface area (Å²) in [7, 11) is 1.58. The monoisotopic (exact) mass is 356 g/mol. The number of nitrogens with one attached hydrogen (secondary N) is 1. The molecule has 0 heterocycles. The lowest BCUT2D eigenvalue weighted by Crippen LogP contribution is -2.33. The lowest BCUT2D eigenvalue weighted by atomic mass is 10.2. The Morgan fingerprint density at radius 1 is 1.04 bits per heavy atom. The van der Waals surface area contributed by atoms with Crippen LogP contribution in [0.15, 0.2) is 59.6 Å². The van der Waals surface area contributed by atoms with E-state index in [2.05, 4.69) is 10.3 Å². The summed E-state index contributed by atoms with van der Waals surface area (Å²) in [5.41, 5.74) is 1.52. The first kappa shape index (κ1) is 19.5. The summed E-state index contributed by atoms with van der Waals surface area (Å²) in [4.78, 5) is 16.8. The maximum Gasteiger partial charge on any atom is 0.292 e. The number of amidine groups is 1. The molecule has 2 aromatic rings. The van der Waals surface area contributed by atoms with Crippen molar-refractivity contribution in [3.05, 3.63) is 65.7 Å². The van der Waals surface area contributed by atoms with Gasteiger partial charge in [0.15, 0.2) is 0 Å². The van der Waals surface area contributed by atoms with E-state index in [-0.39, 0.29) is 11.9 Å². The fraction of sp³-hybridized carbons (Fsp3) is 0.300. The van der Waals surface area contributed by atoms with E-state index >= 15 is 0 Å². The van der Waals surface area contributed by atoms with Gasteiger partial charge in [0, 0.05) is 12.2 Å². The summed E-state index contributed by atoms with van der Waals surface area (Å²) in [6.07, 6.45) is 0. The standard InChI is InChI=1S/C20H24N2O4/c1-3-25-13-14-26-20(21-15-16-7-5-4-6-8-16)22-19(23)17-9-11-18(24-2)12-10-17/h4-12H,3,13-15H2,1-2H3,(H,21,22,23). The van der Waals surface area contributed by atoms with Crippen LogP contribution >= 0.6 is 0 Å². The zero-order chi connectivity index (χ0) is 18.6. The average molecular weight is 356 g/mol. The van der Waals surface area contributed by atoms with Gasteiger partial charge in [-0.2, -0.15) is 0 Å². The molecule has 0 spiro atoms. The van der Waals surface area contributed by atoms with Crippen molar-refractivity contribution in [2.45, 2.75) is 13.5 Å². The van der Waals surface area contributed by atoms with Crippen LogP contribution in [0.2, 0.25) is 0 Å². The number of hydrogen-bond donors (Lipinski definition) is 1. The number of hydrogen-bond acceptors (Lipinski definition) is 5. The summed E-state index contributed by atoms with van der Waals surface area (Å²) in [5, 5.41) is 2.71. The van der Waals surface area contributed by atoms with Gasteiger partial charge in [0.25, 0.3) is 11.9 Å². The minimum atomic E-state index is -0.295. The Labute approximate surface area is 153 Å². The Kier molecular flexibility index (Phi) is 8.15. The Morgan fingerprint density at radius 3 is 2.42 bits per heavy atom. The van der Waals surface area contributed by atoms with Crippen molar-refractivity contribution in [2.24, 2.45) is 4.99 Å². The Bertz CT molecular complexity index is 700. The molecule has 138 valence electrons. The third kappa shape index (κ3) is 6.57. The van der Waals surface area contributed by atoms with Crippen molar-refractivity contribution in [1.29, 1.82) is 0 Å². The molecule has 0 aliphatic rings. The molecule has 0 aliphatic carbocycles. The number of carbonyl (C=O) groups is 1. The average Bonchev–Trinajstić information content (AvgIpc) is 2.70. The quantitative estimate of drug-likeness (QED) is 0.448. The van der Waals surface area contributed by atoms with E-state index in [1.54, 1.807) is 31.4 Å². The zero-order valence-electron chi connectivity index (χ0n) is 15.1. The molecule has 0 fully saturated rings. The Hall–Kier alpha value is -2.86. The molecule has 0 saturated carbocycles. The summed E-state index contributed by atoms with van der Waals surface area (Å²) in [5.74, 6) is 0.392. The minimum Gasteiger partial charge on any atom is -0.497 e. The number of carbonyl (C=O) groups excluding carboxylic acids is 1. The van der Waals surface area contributed by atoms with E-state index in [1.807, 2.05) is 37.3 Å². The van der Waals surface area contributed by atoms with Crippen LogP contribution < -0.4 is 10.1 Å². The summed E-state index contributed by atoms with van der Waals surface area (Å²) in [6, 6.07) is 16.8. The van der Waals surface area contributed by atoms with Gasteiger partial charge in [-0.15, -0.1) is 0 Å². The number of rotatable bonds is 8. The van der Waals surface area contributed by atoms with E-state index in [0.29, 0.717) is 37.7 Å². The van der Waals surface area contributed by atoms with E-state index in [0.717, 1.165) is 5.56 Å². The van der Waals surface area contributed by atoms with Crippen LogP contribution in [0.25, 0.3) is 0 Å². The first-order valence-electron chi connectivity index (χ1n) is 8.47.